The number of hydrogen-bond acceptors (Lipinski definition) is 5. The highest BCUT2D eigenvalue weighted by Gasteiger charge is 2.40. The topological polar surface area (TPSA) is 85.7 Å². The normalized spacial score (nSPS) is 20.1. The van der Waals surface area contributed by atoms with E-state index < -0.39 is 12.1 Å². The van der Waals surface area contributed by atoms with Crippen LogP contribution in [0.25, 0.3) is 0 Å². The zero-order chi connectivity index (χ0) is 25.5. The number of rotatable bonds is 9. The largest absolute Gasteiger partial charge is 0.445 e. The Labute approximate surface area is 213 Å². The number of likely N-dealkylation sites (N-methyl/N-ethyl adjacent to an activating group) is 1. The predicted molar refractivity (Wildman–Crippen MR) is 139 cm³/mol. The Morgan fingerprint density at radius 2 is 1.83 bits per heavy atom. The van der Waals surface area contributed by atoms with Crippen molar-refractivity contribution in [3.8, 4) is 6.07 Å². The number of amides is 2. The third kappa shape index (κ3) is 6.06. The molecule has 0 aromatic heterocycles. The molecule has 1 N–H and O–H groups in total. The molecule has 7 nitrogen and oxygen atoms in total. The number of nitriles is 1. The van der Waals surface area contributed by atoms with Gasteiger partial charge in [0.1, 0.15) is 12.6 Å². The number of ether oxygens (including phenoxy) is 1. The second-order valence-electron chi connectivity index (χ2n) is 9.78. The molecule has 2 aromatic carbocycles. The number of nitrogens with one attached hydrogen (secondary N) is 1. The maximum absolute atomic E-state index is 13.0. The number of carbonyl (C=O) groups is 2. The van der Waals surface area contributed by atoms with Crippen LogP contribution in [0.4, 0.5) is 10.5 Å². The summed E-state index contributed by atoms with van der Waals surface area (Å²) in [5.74, 6) is 0.0608. The number of anilines is 1. The van der Waals surface area contributed by atoms with E-state index in [1.165, 1.54) is 6.42 Å². The number of likely N-dealkylation sites (tertiary alicyclic amines) is 1. The highest BCUT2D eigenvalue weighted by atomic mass is 16.6. The van der Waals surface area contributed by atoms with E-state index in [-0.39, 0.29) is 24.5 Å². The van der Waals surface area contributed by atoms with Crippen LogP contribution in [0, 0.1) is 23.2 Å². The van der Waals surface area contributed by atoms with Crippen LogP contribution >= 0.6 is 0 Å². The lowest BCUT2D eigenvalue weighted by Crippen LogP contribution is -2.45. The van der Waals surface area contributed by atoms with Crippen LogP contribution in [0.2, 0.25) is 0 Å². The van der Waals surface area contributed by atoms with Crippen molar-refractivity contribution in [1.82, 2.24) is 9.80 Å². The second kappa shape index (κ2) is 11.8. The van der Waals surface area contributed by atoms with Gasteiger partial charge < -0.3 is 19.9 Å². The standard InChI is InChI=1S/C29H34N4O3/c1-21(33-19-24(17-26(33)18-30)28(34)31-25-14-7-4-8-15-25)27(16-22-12-9-13-22)32(2)29(35)36-20-23-10-5-3-6-11-23/h3-8,10-11,14-15,22,24,26-27H,1,9,12-13,16-17,19-20H2,2H3,(H,31,34). The van der Waals surface area contributed by atoms with Crippen LogP contribution in [0.15, 0.2) is 72.9 Å². The lowest BCUT2D eigenvalue weighted by atomic mass is 9.80. The summed E-state index contributed by atoms with van der Waals surface area (Å²) in [5.41, 5.74) is 2.35. The van der Waals surface area contributed by atoms with Crippen LogP contribution in [0.5, 0.6) is 0 Å². The molecule has 1 heterocycles. The number of carbonyl (C=O) groups excluding carboxylic acids is 2. The van der Waals surface area contributed by atoms with Crippen molar-refractivity contribution in [1.29, 1.82) is 5.26 Å². The van der Waals surface area contributed by atoms with Gasteiger partial charge in [0.25, 0.3) is 0 Å². The van der Waals surface area contributed by atoms with Crippen LogP contribution in [0.3, 0.4) is 0 Å². The summed E-state index contributed by atoms with van der Waals surface area (Å²) in [4.78, 5) is 29.5. The van der Waals surface area contributed by atoms with E-state index in [4.69, 9.17) is 4.74 Å². The van der Waals surface area contributed by atoms with Crippen molar-refractivity contribution in [2.75, 3.05) is 18.9 Å². The Morgan fingerprint density at radius 3 is 2.44 bits per heavy atom. The lowest BCUT2D eigenvalue weighted by molar-refractivity contribution is -0.119. The summed E-state index contributed by atoms with van der Waals surface area (Å²) >= 11 is 0. The van der Waals surface area contributed by atoms with Gasteiger partial charge >= 0.3 is 6.09 Å². The smallest absolute Gasteiger partial charge is 0.410 e. The molecule has 0 bridgehead atoms. The van der Waals surface area contributed by atoms with Gasteiger partial charge in [-0.15, -0.1) is 0 Å². The fourth-order valence-electron chi connectivity index (χ4n) is 4.93. The highest BCUT2D eigenvalue weighted by molar-refractivity contribution is 5.93. The maximum atomic E-state index is 13.0. The van der Waals surface area contributed by atoms with Gasteiger partial charge in [-0.25, -0.2) is 4.79 Å². The summed E-state index contributed by atoms with van der Waals surface area (Å²) in [5, 5.41) is 12.8. The molecule has 2 aromatic rings. The van der Waals surface area contributed by atoms with Crippen molar-refractivity contribution in [3.63, 3.8) is 0 Å². The van der Waals surface area contributed by atoms with Crippen molar-refractivity contribution in [3.05, 3.63) is 78.5 Å². The monoisotopic (exact) mass is 486 g/mol. The lowest BCUT2D eigenvalue weighted by Gasteiger charge is -2.39. The molecule has 7 heteroatoms. The van der Waals surface area contributed by atoms with Crippen molar-refractivity contribution in [2.24, 2.45) is 11.8 Å². The molecule has 36 heavy (non-hydrogen) atoms. The Morgan fingerprint density at radius 1 is 1.17 bits per heavy atom. The average molecular weight is 487 g/mol. The third-order valence-corrected chi connectivity index (χ3v) is 7.36. The number of benzene rings is 2. The maximum Gasteiger partial charge on any atom is 0.410 e. The molecule has 1 saturated heterocycles. The summed E-state index contributed by atoms with van der Waals surface area (Å²) < 4.78 is 5.59. The second-order valence-corrected chi connectivity index (χ2v) is 9.78. The molecule has 4 rings (SSSR count). The first-order chi connectivity index (χ1) is 17.5. The van der Waals surface area contributed by atoms with E-state index in [1.54, 1.807) is 11.9 Å². The van der Waals surface area contributed by atoms with Crippen molar-refractivity contribution >= 4 is 17.7 Å². The van der Waals surface area contributed by atoms with Gasteiger partial charge in [-0.2, -0.15) is 5.26 Å². The Balaban J connectivity index is 1.44. The Kier molecular flexibility index (Phi) is 8.27. The minimum Gasteiger partial charge on any atom is -0.445 e. The van der Waals surface area contributed by atoms with Gasteiger partial charge in [0.15, 0.2) is 0 Å². The average Bonchev–Trinajstić information content (AvgIpc) is 3.32. The van der Waals surface area contributed by atoms with Gasteiger partial charge in [-0.3, -0.25) is 4.79 Å². The molecule has 3 atom stereocenters. The van der Waals surface area contributed by atoms with E-state index in [0.29, 0.717) is 24.6 Å². The third-order valence-electron chi connectivity index (χ3n) is 7.36. The van der Waals surface area contributed by atoms with Crippen LogP contribution in [-0.2, 0) is 16.1 Å². The van der Waals surface area contributed by atoms with E-state index in [2.05, 4.69) is 18.0 Å². The zero-order valence-corrected chi connectivity index (χ0v) is 20.8. The fraction of sp³-hybridized carbons (Fsp3) is 0.414. The Hall–Kier alpha value is -3.79. The molecular weight excluding hydrogens is 452 g/mol. The molecule has 1 saturated carbocycles. The summed E-state index contributed by atoms with van der Waals surface area (Å²) in [6, 6.07) is 20.5. The zero-order valence-electron chi connectivity index (χ0n) is 20.8. The first kappa shape index (κ1) is 25.3. The summed E-state index contributed by atoms with van der Waals surface area (Å²) in [6.07, 6.45) is 4.22. The molecule has 1 aliphatic heterocycles. The fourth-order valence-corrected chi connectivity index (χ4v) is 4.93. The molecule has 2 fully saturated rings. The minimum atomic E-state index is -0.471. The van der Waals surface area contributed by atoms with Gasteiger partial charge in [0.05, 0.1) is 18.0 Å². The molecule has 2 amide bonds. The van der Waals surface area contributed by atoms with Crippen LogP contribution in [-0.4, -0.2) is 47.5 Å². The highest BCUT2D eigenvalue weighted by Crippen LogP contribution is 2.36. The van der Waals surface area contributed by atoms with Crippen molar-refractivity contribution in [2.45, 2.75) is 50.8 Å². The SMILES string of the molecule is C=C(C(CC1CCC1)N(C)C(=O)OCc1ccccc1)N1CC(C(=O)Nc2ccccc2)CC1C#N. The molecular formula is C29H34N4O3. The first-order valence-electron chi connectivity index (χ1n) is 12.6. The number of nitrogens with zero attached hydrogens (tertiary/aromatic N) is 3. The first-order valence-corrected chi connectivity index (χ1v) is 12.6. The van der Waals surface area contributed by atoms with Gasteiger partial charge in [0, 0.05) is 25.0 Å². The summed E-state index contributed by atoms with van der Waals surface area (Å²) in [6.45, 7) is 4.93. The van der Waals surface area contributed by atoms with Crippen LogP contribution in [0.1, 0.15) is 37.7 Å². The van der Waals surface area contributed by atoms with Crippen LogP contribution < -0.4 is 5.32 Å². The molecule has 3 unspecified atom stereocenters. The number of para-hydroxylation sites is 1. The van der Waals surface area contributed by atoms with Gasteiger partial charge in [0.2, 0.25) is 5.91 Å². The van der Waals surface area contributed by atoms with Crippen molar-refractivity contribution < 1.29 is 14.3 Å². The number of hydrogen-bond donors (Lipinski definition) is 1. The molecule has 1 aliphatic carbocycles. The molecule has 188 valence electrons. The van der Waals surface area contributed by atoms with E-state index in [1.807, 2.05) is 65.6 Å². The molecule has 2 aliphatic rings. The minimum absolute atomic E-state index is 0.108. The van der Waals surface area contributed by atoms with E-state index in [9.17, 15) is 14.9 Å². The predicted octanol–water partition coefficient (Wildman–Crippen LogP) is 5.18. The van der Waals surface area contributed by atoms with Gasteiger partial charge in [-0.05, 0) is 36.5 Å². The Bertz CT molecular complexity index is 1090. The van der Waals surface area contributed by atoms with E-state index >= 15 is 0 Å². The summed E-state index contributed by atoms with van der Waals surface area (Å²) in [7, 11) is 1.74. The molecule has 0 radical (unpaired) electrons. The quantitative estimate of drug-likeness (QED) is 0.528. The van der Waals surface area contributed by atoms with Gasteiger partial charge in [-0.1, -0.05) is 74.4 Å². The molecule has 0 spiro atoms. The van der Waals surface area contributed by atoms with E-state index in [0.717, 1.165) is 30.5 Å².